The average Bonchev–Trinajstić information content (AvgIpc) is 2.45. The van der Waals surface area contributed by atoms with Crippen LogP contribution in [0.4, 0.5) is 0 Å². The van der Waals surface area contributed by atoms with Crippen LogP contribution in [0.2, 0.25) is 0 Å². The Morgan fingerprint density at radius 3 is 2.93 bits per heavy atom. The summed E-state index contributed by atoms with van der Waals surface area (Å²) < 4.78 is 0. The lowest BCUT2D eigenvalue weighted by molar-refractivity contribution is 1.05. The van der Waals surface area contributed by atoms with Gasteiger partial charge in [-0.15, -0.1) is 0 Å². The number of hydrogen-bond acceptors (Lipinski definition) is 1. The largest absolute Gasteiger partial charge is 0.356 e. The normalized spacial score (nSPS) is 15.7. The third-order valence-electron chi connectivity index (χ3n) is 1.79. The smallest absolute Gasteiger partial charge is 0.0381 e. The fraction of sp³-hybridized carbons (Fsp3) is 0.0769. The Morgan fingerprint density at radius 2 is 2.21 bits per heavy atom. The van der Waals surface area contributed by atoms with Crippen LogP contribution in [0.3, 0.4) is 0 Å². The molecule has 1 aliphatic rings. The third kappa shape index (κ3) is 3.31. The van der Waals surface area contributed by atoms with E-state index in [-0.39, 0.29) is 0 Å². The Labute approximate surface area is 85.5 Å². The first-order valence-electron chi connectivity index (χ1n) is 4.62. The highest BCUT2D eigenvalue weighted by Crippen LogP contribution is 2.04. The molecule has 0 amide bonds. The summed E-state index contributed by atoms with van der Waals surface area (Å²) >= 11 is 0. The van der Waals surface area contributed by atoms with Gasteiger partial charge in [-0.25, -0.2) is 0 Å². The molecule has 0 aromatic heterocycles. The molecule has 0 aromatic rings. The van der Waals surface area contributed by atoms with Crippen LogP contribution >= 0.6 is 0 Å². The van der Waals surface area contributed by atoms with Crippen molar-refractivity contribution >= 4 is 0 Å². The lowest BCUT2D eigenvalue weighted by atomic mass is 10.3. The standard InChI is InChI=1S/C13H15N/c1-3-9-12(4-2)14-13-10-7-5-6-8-11-13/h3-5,7-11,14H,1-2,6H2/b12-9+. The van der Waals surface area contributed by atoms with Crippen LogP contribution in [0.15, 0.2) is 73.2 Å². The van der Waals surface area contributed by atoms with E-state index in [9.17, 15) is 0 Å². The predicted molar refractivity (Wildman–Crippen MR) is 62.6 cm³/mol. The molecule has 0 aromatic carbocycles. The molecule has 0 saturated heterocycles. The second kappa shape index (κ2) is 5.81. The number of allylic oxidation sites excluding steroid dienone is 8. The molecule has 0 aliphatic heterocycles. The summed E-state index contributed by atoms with van der Waals surface area (Å²) in [4.78, 5) is 0. The van der Waals surface area contributed by atoms with Crippen LogP contribution < -0.4 is 5.32 Å². The van der Waals surface area contributed by atoms with Crippen LogP contribution in [0, 0.1) is 0 Å². The highest BCUT2D eigenvalue weighted by Gasteiger charge is 1.93. The minimum atomic E-state index is 0.950. The fourth-order valence-corrected chi connectivity index (χ4v) is 1.12. The van der Waals surface area contributed by atoms with Crippen molar-refractivity contribution in [2.45, 2.75) is 6.42 Å². The van der Waals surface area contributed by atoms with E-state index in [0.29, 0.717) is 0 Å². The van der Waals surface area contributed by atoms with Gasteiger partial charge in [-0.2, -0.15) is 0 Å². The van der Waals surface area contributed by atoms with Crippen LogP contribution in [0.25, 0.3) is 0 Å². The summed E-state index contributed by atoms with van der Waals surface area (Å²) in [5, 5.41) is 3.24. The Bertz CT molecular complexity index is 327. The van der Waals surface area contributed by atoms with Crippen molar-refractivity contribution in [2.24, 2.45) is 0 Å². The quantitative estimate of drug-likeness (QED) is 0.663. The topological polar surface area (TPSA) is 12.0 Å². The maximum absolute atomic E-state index is 3.72. The zero-order valence-corrected chi connectivity index (χ0v) is 8.24. The molecular weight excluding hydrogens is 170 g/mol. The lowest BCUT2D eigenvalue weighted by Crippen LogP contribution is -2.08. The van der Waals surface area contributed by atoms with Crippen molar-refractivity contribution < 1.29 is 0 Å². The molecule has 0 saturated carbocycles. The molecule has 0 radical (unpaired) electrons. The summed E-state index contributed by atoms with van der Waals surface area (Å²) in [5.74, 6) is 0. The SMILES string of the molecule is C=C/C=C(\C=C)NC1=CC=CCC=C1. The van der Waals surface area contributed by atoms with Gasteiger partial charge in [0.2, 0.25) is 0 Å². The van der Waals surface area contributed by atoms with Crippen molar-refractivity contribution in [2.75, 3.05) is 0 Å². The molecule has 0 heterocycles. The summed E-state index contributed by atoms with van der Waals surface area (Å²) in [6.45, 7) is 7.37. The third-order valence-corrected chi connectivity index (χ3v) is 1.79. The molecule has 0 unspecified atom stereocenters. The summed E-state index contributed by atoms with van der Waals surface area (Å²) in [7, 11) is 0. The number of nitrogens with one attached hydrogen (secondary N) is 1. The molecule has 1 N–H and O–H groups in total. The van der Waals surface area contributed by atoms with Gasteiger partial charge in [0.15, 0.2) is 0 Å². The van der Waals surface area contributed by atoms with Gasteiger partial charge in [0.1, 0.15) is 0 Å². The van der Waals surface area contributed by atoms with Crippen molar-refractivity contribution in [3.8, 4) is 0 Å². The molecule has 1 rings (SSSR count). The summed E-state index contributed by atoms with van der Waals surface area (Å²) in [6, 6.07) is 0. The second-order valence-corrected chi connectivity index (χ2v) is 2.88. The Morgan fingerprint density at radius 1 is 1.36 bits per heavy atom. The van der Waals surface area contributed by atoms with E-state index in [4.69, 9.17) is 0 Å². The molecular formula is C13H15N. The first-order chi connectivity index (χ1) is 6.86. The van der Waals surface area contributed by atoms with Crippen molar-refractivity contribution in [1.29, 1.82) is 0 Å². The van der Waals surface area contributed by atoms with Crippen molar-refractivity contribution in [3.05, 3.63) is 73.2 Å². The molecule has 14 heavy (non-hydrogen) atoms. The maximum Gasteiger partial charge on any atom is 0.0381 e. The molecule has 1 heteroatoms. The Hall–Kier alpha value is -1.76. The molecule has 72 valence electrons. The number of hydrogen-bond donors (Lipinski definition) is 1. The van der Waals surface area contributed by atoms with E-state index in [0.717, 1.165) is 17.8 Å². The molecule has 1 nitrogen and oxygen atoms in total. The van der Waals surface area contributed by atoms with Crippen LogP contribution in [0.1, 0.15) is 6.42 Å². The van der Waals surface area contributed by atoms with Gasteiger partial charge >= 0.3 is 0 Å². The van der Waals surface area contributed by atoms with Crippen molar-refractivity contribution in [1.82, 2.24) is 5.32 Å². The average molecular weight is 185 g/mol. The summed E-state index contributed by atoms with van der Waals surface area (Å²) in [5.41, 5.74) is 2.01. The molecule has 0 fully saturated rings. The molecule has 0 atom stereocenters. The van der Waals surface area contributed by atoms with Crippen LogP contribution in [-0.2, 0) is 0 Å². The first kappa shape index (κ1) is 10.3. The van der Waals surface area contributed by atoms with Gasteiger partial charge < -0.3 is 5.32 Å². The molecule has 0 bridgehead atoms. The van der Waals surface area contributed by atoms with E-state index in [1.165, 1.54) is 0 Å². The second-order valence-electron chi connectivity index (χ2n) is 2.88. The highest BCUT2D eigenvalue weighted by atomic mass is 14.9. The predicted octanol–water partition coefficient (Wildman–Crippen LogP) is 3.23. The van der Waals surface area contributed by atoms with E-state index in [1.54, 1.807) is 12.2 Å². The lowest BCUT2D eigenvalue weighted by Gasteiger charge is -2.06. The monoisotopic (exact) mass is 185 g/mol. The van der Waals surface area contributed by atoms with Gasteiger partial charge in [0, 0.05) is 11.4 Å². The zero-order chi connectivity index (χ0) is 10.2. The molecule has 1 aliphatic carbocycles. The Balaban J connectivity index is 2.71. The van der Waals surface area contributed by atoms with E-state index < -0.39 is 0 Å². The van der Waals surface area contributed by atoms with Crippen LogP contribution in [0.5, 0.6) is 0 Å². The minimum Gasteiger partial charge on any atom is -0.356 e. The maximum atomic E-state index is 3.72. The van der Waals surface area contributed by atoms with Gasteiger partial charge in [0.05, 0.1) is 0 Å². The van der Waals surface area contributed by atoms with E-state index >= 15 is 0 Å². The van der Waals surface area contributed by atoms with Gasteiger partial charge in [0.25, 0.3) is 0 Å². The zero-order valence-electron chi connectivity index (χ0n) is 8.24. The van der Waals surface area contributed by atoms with E-state index in [2.05, 4.69) is 36.7 Å². The van der Waals surface area contributed by atoms with Gasteiger partial charge in [-0.3, -0.25) is 0 Å². The summed E-state index contributed by atoms with van der Waals surface area (Å²) in [6.07, 6.45) is 16.7. The fourth-order valence-electron chi connectivity index (χ4n) is 1.12. The van der Waals surface area contributed by atoms with Crippen molar-refractivity contribution in [3.63, 3.8) is 0 Å². The van der Waals surface area contributed by atoms with E-state index in [1.807, 2.05) is 18.2 Å². The highest BCUT2D eigenvalue weighted by molar-refractivity contribution is 5.32. The first-order valence-corrected chi connectivity index (χ1v) is 4.62. The Kier molecular flexibility index (Phi) is 4.29. The van der Waals surface area contributed by atoms with Gasteiger partial charge in [-0.05, 0) is 30.7 Å². The van der Waals surface area contributed by atoms with Crippen LogP contribution in [-0.4, -0.2) is 0 Å². The van der Waals surface area contributed by atoms with Gasteiger partial charge in [-0.1, -0.05) is 37.5 Å². The minimum absolute atomic E-state index is 0.950. The number of rotatable bonds is 4. The molecule has 0 spiro atoms.